The molecule has 56 heavy (non-hydrogen) atoms. The summed E-state index contributed by atoms with van der Waals surface area (Å²) in [6.45, 7) is 20.9. The minimum absolute atomic E-state index is 0.00203. The standard InChI is InChI=1S/C46H60NO6PSi2/c1-33(53-56(10,11)46(5,6)7)41-39(31-40(48)35-29-27-34(28-30-35)32-52-55(8,9)45(2,3)4)47(42(41)49)43(44(50)51)54(36-21-15-12-16-22-36,37-23-17-13-18-24-37)38-25-19-14-20-26-38/h12-30,33,39,41H,31-32H2,1-11H3,(H,50,51)/t33-,39-,41-/m1/s1. The number of β-lactam (4-membered cyclic amide) rings is 1. The number of carbonyl (C=O) groups is 3. The maximum absolute atomic E-state index is 14.9. The molecule has 0 spiro atoms. The van der Waals surface area contributed by atoms with Crippen molar-refractivity contribution < 1.29 is 28.3 Å². The van der Waals surface area contributed by atoms with Gasteiger partial charge in [-0.05, 0) is 64.7 Å². The summed E-state index contributed by atoms with van der Waals surface area (Å²) in [4.78, 5) is 44.8. The molecule has 1 fully saturated rings. The molecule has 1 heterocycles. The van der Waals surface area contributed by atoms with Crippen molar-refractivity contribution in [3.05, 3.63) is 126 Å². The van der Waals surface area contributed by atoms with Crippen molar-refractivity contribution >= 4 is 62.5 Å². The van der Waals surface area contributed by atoms with Crippen molar-refractivity contribution in [3.63, 3.8) is 0 Å². The van der Waals surface area contributed by atoms with Crippen molar-refractivity contribution in [1.29, 1.82) is 0 Å². The van der Waals surface area contributed by atoms with Crippen LogP contribution in [0.3, 0.4) is 0 Å². The minimum atomic E-state index is -3.23. The summed E-state index contributed by atoms with van der Waals surface area (Å²) in [5.41, 5.74) is 1.48. The number of likely N-dealkylation sites (tertiary alicyclic amines) is 1. The molecule has 10 heteroatoms. The van der Waals surface area contributed by atoms with Gasteiger partial charge in [-0.3, -0.25) is 9.59 Å². The quantitative estimate of drug-likeness (QED) is 0.0591. The second kappa shape index (κ2) is 16.6. The van der Waals surface area contributed by atoms with Crippen LogP contribution in [0.15, 0.2) is 115 Å². The summed E-state index contributed by atoms with van der Waals surface area (Å²) in [5.74, 6) is -2.41. The fourth-order valence-electron chi connectivity index (χ4n) is 7.03. The van der Waals surface area contributed by atoms with E-state index in [2.05, 4.69) is 67.7 Å². The highest BCUT2D eigenvalue weighted by Gasteiger charge is 2.57. The first-order chi connectivity index (χ1) is 26.1. The third-order valence-electron chi connectivity index (χ3n) is 12.3. The zero-order valence-corrected chi connectivity index (χ0v) is 37.9. The largest absolute Gasteiger partial charge is 0.477 e. The summed E-state index contributed by atoms with van der Waals surface area (Å²) >= 11 is 0. The first-order valence-electron chi connectivity index (χ1n) is 19.6. The van der Waals surface area contributed by atoms with Crippen LogP contribution in [0.25, 0.3) is 0 Å². The van der Waals surface area contributed by atoms with E-state index in [1.165, 1.54) is 4.90 Å². The number of hydrogen-bond donors (Lipinski definition) is 1. The number of rotatable bonds is 14. The molecule has 1 aliphatic rings. The van der Waals surface area contributed by atoms with Gasteiger partial charge in [-0.15, -0.1) is 0 Å². The molecule has 298 valence electrons. The van der Waals surface area contributed by atoms with Gasteiger partial charge in [0.15, 0.2) is 22.4 Å². The van der Waals surface area contributed by atoms with Gasteiger partial charge in [0.25, 0.3) is 0 Å². The highest BCUT2D eigenvalue weighted by Crippen LogP contribution is 2.50. The highest BCUT2D eigenvalue weighted by molar-refractivity contribution is 7.96. The number of carboxylic acid groups (broad SMARTS) is 1. The molecule has 0 radical (unpaired) electrons. The van der Waals surface area contributed by atoms with Crippen LogP contribution in [0.4, 0.5) is 0 Å². The molecule has 1 aliphatic heterocycles. The summed E-state index contributed by atoms with van der Waals surface area (Å²) in [7, 11) is -4.34. The number of carboxylic acids is 1. The van der Waals surface area contributed by atoms with Gasteiger partial charge >= 0.3 is 5.97 Å². The van der Waals surface area contributed by atoms with Crippen LogP contribution in [0, 0.1) is 5.92 Å². The Balaban J connectivity index is 1.67. The van der Waals surface area contributed by atoms with Crippen LogP contribution in [0.5, 0.6) is 0 Å². The third-order valence-corrected chi connectivity index (χ3v) is 25.6. The normalized spacial score (nSPS) is 17.3. The molecule has 1 N–H and O–H groups in total. The molecule has 0 bridgehead atoms. The lowest BCUT2D eigenvalue weighted by Crippen LogP contribution is -2.69. The molecule has 0 saturated carbocycles. The zero-order chi connectivity index (χ0) is 41.3. The Labute approximate surface area is 336 Å². The Morgan fingerprint density at radius 3 is 1.54 bits per heavy atom. The molecule has 0 aliphatic carbocycles. The molecular formula is C46H60NO6PSi2. The highest BCUT2D eigenvalue weighted by atomic mass is 31.2. The fraction of sp³-hybridized carbons (Fsp3) is 0.391. The molecule has 0 aromatic heterocycles. The number of amides is 1. The van der Waals surface area contributed by atoms with Gasteiger partial charge in [-0.1, -0.05) is 157 Å². The topological polar surface area (TPSA) is 93.1 Å². The van der Waals surface area contributed by atoms with Gasteiger partial charge in [0.05, 0.1) is 24.7 Å². The molecule has 4 aromatic carbocycles. The fourth-order valence-corrected chi connectivity index (χ4v) is 13.8. The number of aliphatic carboxylic acids is 1. The first kappa shape index (κ1) is 43.3. The lowest BCUT2D eigenvalue weighted by Gasteiger charge is -2.52. The van der Waals surface area contributed by atoms with Crippen molar-refractivity contribution in [2.24, 2.45) is 5.92 Å². The summed E-state index contributed by atoms with van der Waals surface area (Å²) < 4.78 is 13.3. The third kappa shape index (κ3) is 8.53. The van der Waals surface area contributed by atoms with Crippen LogP contribution in [-0.2, 0) is 25.0 Å². The van der Waals surface area contributed by atoms with Gasteiger partial charge in [0, 0.05) is 18.9 Å². The van der Waals surface area contributed by atoms with Crippen molar-refractivity contribution in [1.82, 2.24) is 4.90 Å². The van der Waals surface area contributed by atoms with Crippen molar-refractivity contribution in [2.75, 3.05) is 0 Å². The van der Waals surface area contributed by atoms with E-state index in [0.29, 0.717) is 12.2 Å². The summed E-state index contributed by atoms with van der Waals surface area (Å²) in [5, 5.41) is 13.9. The van der Waals surface area contributed by atoms with E-state index in [9.17, 15) is 19.5 Å². The molecule has 5 rings (SSSR count). The molecule has 4 aromatic rings. The Morgan fingerprint density at radius 2 is 1.14 bits per heavy atom. The van der Waals surface area contributed by atoms with Gasteiger partial charge < -0.3 is 18.9 Å². The zero-order valence-electron chi connectivity index (χ0n) is 35.0. The van der Waals surface area contributed by atoms with E-state index in [4.69, 9.17) is 8.85 Å². The van der Waals surface area contributed by atoms with Crippen molar-refractivity contribution in [3.8, 4) is 0 Å². The van der Waals surface area contributed by atoms with E-state index < -0.39 is 47.6 Å². The minimum Gasteiger partial charge on any atom is -0.477 e. The maximum atomic E-state index is 14.9. The smallest absolute Gasteiger partial charge is 0.353 e. The van der Waals surface area contributed by atoms with E-state index in [1.807, 2.05) is 122 Å². The van der Waals surface area contributed by atoms with Gasteiger partial charge in [-0.25, -0.2) is 4.79 Å². The molecule has 0 unspecified atom stereocenters. The lowest BCUT2D eigenvalue weighted by atomic mass is 9.79. The van der Waals surface area contributed by atoms with Gasteiger partial charge in [0.2, 0.25) is 5.91 Å². The lowest BCUT2D eigenvalue weighted by molar-refractivity contribution is -0.155. The molecular weight excluding hydrogens is 750 g/mol. The average molecular weight is 810 g/mol. The monoisotopic (exact) mass is 809 g/mol. The van der Waals surface area contributed by atoms with Crippen molar-refractivity contribution in [2.45, 2.75) is 110 Å². The van der Waals surface area contributed by atoms with Gasteiger partial charge in [-0.2, -0.15) is 0 Å². The number of benzene rings is 4. The van der Waals surface area contributed by atoms with E-state index in [-0.39, 0.29) is 33.6 Å². The predicted octanol–water partition coefficient (Wildman–Crippen LogP) is 9.23. The van der Waals surface area contributed by atoms with E-state index in [1.54, 1.807) is 0 Å². The average Bonchev–Trinajstić information content (AvgIpc) is 3.14. The van der Waals surface area contributed by atoms with E-state index in [0.717, 1.165) is 21.5 Å². The Hall–Kier alpha value is -3.86. The Morgan fingerprint density at radius 1 is 0.714 bits per heavy atom. The maximum Gasteiger partial charge on any atom is 0.353 e. The van der Waals surface area contributed by atoms with Gasteiger partial charge in [0.1, 0.15) is 5.42 Å². The summed E-state index contributed by atoms with van der Waals surface area (Å²) in [6.07, 6.45) is -0.600. The number of hydrogen-bond acceptors (Lipinski definition) is 5. The number of nitrogens with zero attached hydrogens (tertiary/aromatic N) is 1. The van der Waals surface area contributed by atoms with E-state index >= 15 is 0 Å². The van der Waals surface area contributed by atoms with Crippen LogP contribution < -0.4 is 15.9 Å². The Kier molecular flexibility index (Phi) is 12.8. The van der Waals surface area contributed by atoms with Crippen LogP contribution in [0.2, 0.25) is 36.3 Å². The van der Waals surface area contributed by atoms with Crippen LogP contribution in [-0.4, -0.2) is 61.9 Å². The second-order valence-electron chi connectivity index (χ2n) is 18.1. The summed E-state index contributed by atoms with van der Waals surface area (Å²) in [6, 6.07) is 35.7. The predicted molar refractivity (Wildman–Crippen MR) is 237 cm³/mol. The Bertz CT molecular complexity index is 1970. The SMILES string of the molecule is C[C@@H](O[Si](C)(C)C(C)(C)C)[C@H]1C(=O)N(C(C(=O)O)=P(c2ccccc2)(c2ccccc2)c2ccccc2)[C@@H]1CC(=O)c1ccc(CO[Si](C)(C)C(C)(C)C)cc1. The molecule has 1 amide bonds. The number of ketones is 1. The molecule has 3 atom stereocenters. The second-order valence-corrected chi connectivity index (χ2v) is 30.9. The van der Waals surface area contributed by atoms with Crippen LogP contribution in [0.1, 0.15) is 70.8 Å². The van der Waals surface area contributed by atoms with Crippen LogP contribution >= 0.6 is 6.89 Å². The first-order valence-corrected chi connectivity index (χ1v) is 27.2. The number of Topliss-reactive ketones (excluding diaryl/α,β-unsaturated/α-hetero) is 1. The number of carbonyl (C=O) groups excluding carboxylic acids is 2. The molecule has 7 nitrogen and oxygen atoms in total. The molecule has 1 saturated heterocycles.